The Balaban J connectivity index is 1.61. The molecule has 3 saturated heterocycles. The summed E-state index contributed by atoms with van der Waals surface area (Å²) in [6.07, 6.45) is -4.10. The molecule has 3 fully saturated rings. The van der Waals surface area contributed by atoms with E-state index in [1.807, 2.05) is 0 Å². The van der Waals surface area contributed by atoms with Crippen molar-refractivity contribution >= 4 is 17.3 Å². The Morgan fingerprint density at radius 2 is 1.59 bits per heavy atom. The van der Waals surface area contributed by atoms with Crippen molar-refractivity contribution in [3.63, 3.8) is 0 Å². The van der Waals surface area contributed by atoms with Crippen molar-refractivity contribution in [3.05, 3.63) is 44.0 Å². The number of nitro groups is 2. The summed E-state index contributed by atoms with van der Waals surface area (Å²) < 4.78 is 34.5. The number of non-ortho nitro benzene ring substituents is 2. The van der Waals surface area contributed by atoms with Gasteiger partial charge >= 0.3 is 5.97 Å². The Morgan fingerprint density at radius 1 is 0.969 bits per heavy atom. The van der Waals surface area contributed by atoms with Gasteiger partial charge in [0.1, 0.15) is 12.2 Å². The molecule has 0 radical (unpaired) electrons. The van der Waals surface area contributed by atoms with Crippen molar-refractivity contribution in [2.45, 2.75) is 70.0 Å². The lowest BCUT2D eigenvalue weighted by molar-refractivity contribution is -0.394. The highest BCUT2D eigenvalue weighted by atomic mass is 16.9. The van der Waals surface area contributed by atoms with E-state index < -0.39 is 69.5 Å². The number of esters is 1. The van der Waals surface area contributed by atoms with Gasteiger partial charge in [0, 0.05) is 12.1 Å². The van der Waals surface area contributed by atoms with Crippen molar-refractivity contribution in [3.8, 4) is 0 Å². The number of benzene rings is 1. The summed E-state index contributed by atoms with van der Waals surface area (Å²) in [5.74, 6) is -2.88. The van der Waals surface area contributed by atoms with Gasteiger partial charge in [-0.3, -0.25) is 20.2 Å². The fourth-order valence-electron chi connectivity index (χ4n) is 3.93. The maximum atomic E-state index is 12.9. The SMILES string of the molecule is CC1(C)O[C@H]2O[C@H]([C@@H]3COC(C)(C)O3)[C@H](OC(=O)c3cc([N+](=O)[O-])cc([N+](=O)[O-])c3)[C@H]2O1. The number of hydrogen-bond donors (Lipinski definition) is 0. The van der Waals surface area contributed by atoms with Crippen molar-refractivity contribution in [2.75, 3.05) is 6.61 Å². The molecular weight excluding hydrogens is 432 g/mol. The normalized spacial score (nSPS) is 32.4. The summed E-state index contributed by atoms with van der Waals surface area (Å²) >= 11 is 0. The number of ether oxygens (including phenoxy) is 6. The van der Waals surface area contributed by atoms with Crippen molar-refractivity contribution < 1.29 is 43.1 Å². The molecule has 3 heterocycles. The highest BCUT2D eigenvalue weighted by Gasteiger charge is 2.60. The Hall–Kier alpha value is -2.71. The molecule has 0 amide bonds. The lowest BCUT2D eigenvalue weighted by Gasteiger charge is -2.28. The highest BCUT2D eigenvalue weighted by Crippen LogP contribution is 2.42. The molecule has 0 N–H and O–H groups in total. The molecule has 0 bridgehead atoms. The zero-order valence-corrected chi connectivity index (χ0v) is 17.7. The molecule has 1 aromatic rings. The van der Waals surface area contributed by atoms with Gasteiger partial charge in [0.15, 0.2) is 30.1 Å². The molecule has 174 valence electrons. The average Bonchev–Trinajstić information content (AvgIpc) is 3.31. The van der Waals surface area contributed by atoms with Crippen LogP contribution >= 0.6 is 0 Å². The highest BCUT2D eigenvalue weighted by molar-refractivity contribution is 5.91. The number of nitrogens with zero attached hydrogens (tertiary/aromatic N) is 2. The number of nitro benzene ring substituents is 2. The third-order valence-corrected chi connectivity index (χ3v) is 5.23. The van der Waals surface area contributed by atoms with E-state index in [4.69, 9.17) is 28.4 Å². The van der Waals surface area contributed by atoms with Crippen molar-refractivity contribution in [1.82, 2.24) is 0 Å². The minimum absolute atomic E-state index is 0.164. The van der Waals surface area contributed by atoms with Gasteiger partial charge in [-0.15, -0.1) is 0 Å². The molecular formula is C19H22N2O11. The number of carbonyl (C=O) groups excluding carboxylic acids is 1. The van der Waals surface area contributed by atoms with E-state index in [-0.39, 0.29) is 12.2 Å². The van der Waals surface area contributed by atoms with E-state index >= 15 is 0 Å². The molecule has 3 aliphatic rings. The quantitative estimate of drug-likeness (QED) is 0.364. The topological polar surface area (TPSA) is 159 Å². The van der Waals surface area contributed by atoms with Crippen LogP contribution in [0.25, 0.3) is 0 Å². The van der Waals surface area contributed by atoms with Crippen molar-refractivity contribution in [2.24, 2.45) is 0 Å². The second-order valence-corrected chi connectivity index (χ2v) is 8.56. The van der Waals surface area contributed by atoms with Gasteiger partial charge in [-0.2, -0.15) is 0 Å². The average molecular weight is 454 g/mol. The number of rotatable bonds is 5. The van der Waals surface area contributed by atoms with Crippen LogP contribution in [0.5, 0.6) is 0 Å². The van der Waals surface area contributed by atoms with Gasteiger partial charge in [-0.1, -0.05) is 0 Å². The Bertz CT molecular complexity index is 930. The van der Waals surface area contributed by atoms with Gasteiger partial charge in [0.2, 0.25) is 0 Å². The Morgan fingerprint density at radius 3 is 2.12 bits per heavy atom. The van der Waals surface area contributed by atoms with Crippen LogP contribution in [-0.4, -0.2) is 64.7 Å². The van der Waals surface area contributed by atoms with E-state index in [1.165, 1.54) is 0 Å². The third-order valence-electron chi connectivity index (χ3n) is 5.23. The molecule has 5 atom stereocenters. The van der Waals surface area contributed by atoms with Gasteiger partial charge in [0.05, 0.1) is 28.1 Å². The summed E-state index contributed by atoms with van der Waals surface area (Å²) in [6, 6.07) is 2.58. The zero-order chi connectivity index (χ0) is 23.4. The Labute approximate surface area is 181 Å². The van der Waals surface area contributed by atoms with Crippen LogP contribution in [0.3, 0.4) is 0 Å². The Kier molecular flexibility index (Phi) is 5.41. The molecule has 3 aliphatic heterocycles. The largest absolute Gasteiger partial charge is 0.453 e. The fourth-order valence-corrected chi connectivity index (χ4v) is 3.93. The maximum Gasteiger partial charge on any atom is 0.339 e. The molecule has 0 saturated carbocycles. The van der Waals surface area contributed by atoms with Crippen LogP contribution in [0.15, 0.2) is 18.2 Å². The molecule has 13 nitrogen and oxygen atoms in total. The van der Waals surface area contributed by atoms with Crippen LogP contribution in [0.4, 0.5) is 11.4 Å². The van der Waals surface area contributed by atoms with E-state index in [2.05, 4.69) is 0 Å². The van der Waals surface area contributed by atoms with Gasteiger partial charge in [-0.05, 0) is 27.7 Å². The third kappa shape index (κ3) is 4.29. The van der Waals surface area contributed by atoms with Crippen LogP contribution in [0.1, 0.15) is 38.1 Å². The molecule has 1 aromatic carbocycles. The minimum Gasteiger partial charge on any atom is -0.453 e. The van der Waals surface area contributed by atoms with Crippen LogP contribution in [0.2, 0.25) is 0 Å². The van der Waals surface area contributed by atoms with E-state index in [0.29, 0.717) is 0 Å². The van der Waals surface area contributed by atoms with Crippen LogP contribution in [-0.2, 0) is 28.4 Å². The maximum absolute atomic E-state index is 12.9. The smallest absolute Gasteiger partial charge is 0.339 e. The molecule has 32 heavy (non-hydrogen) atoms. The second kappa shape index (κ2) is 7.71. The van der Waals surface area contributed by atoms with E-state index in [9.17, 15) is 25.0 Å². The predicted molar refractivity (Wildman–Crippen MR) is 103 cm³/mol. The van der Waals surface area contributed by atoms with Gasteiger partial charge in [0.25, 0.3) is 11.4 Å². The van der Waals surface area contributed by atoms with Crippen molar-refractivity contribution in [1.29, 1.82) is 0 Å². The molecule has 4 rings (SSSR count). The minimum atomic E-state index is -1.02. The second-order valence-electron chi connectivity index (χ2n) is 8.56. The van der Waals surface area contributed by atoms with Gasteiger partial charge < -0.3 is 28.4 Å². The summed E-state index contributed by atoms with van der Waals surface area (Å²) in [7, 11) is 0. The first kappa shape index (κ1) is 22.5. The number of carbonyl (C=O) groups is 1. The standard InChI is InChI=1S/C19H22N2O11/c1-18(2)27-8-12(30-18)13-14(15-17(29-13)32-19(3,4)31-15)28-16(22)9-5-10(20(23)24)7-11(6-9)21(25)26/h5-7,12-15,17H,8H2,1-4H3/t12-,13+,14-,15+,17+/m0/s1. The summed E-state index contributed by atoms with van der Waals surface area (Å²) in [4.78, 5) is 33.5. The molecule has 0 aliphatic carbocycles. The van der Waals surface area contributed by atoms with Crippen LogP contribution < -0.4 is 0 Å². The lowest BCUT2D eigenvalue weighted by atomic mass is 10.1. The first-order chi connectivity index (χ1) is 14.8. The van der Waals surface area contributed by atoms with E-state index in [1.54, 1.807) is 27.7 Å². The van der Waals surface area contributed by atoms with Crippen LogP contribution in [0, 0.1) is 20.2 Å². The summed E-state index contributed by atoms with van der Waals surface area (Å²) in [5.41, 5.74) is -1.58. The predicted octanol–water partition coefficient (Wildman–Crippen LogP) is 2.06. The fraction of sp³-hybridized carbons (Fsp3) is 0.632. The monoisotopic (exact) mass is 454 g/mol. The van der Waals surface area contributed by atoms with Gasteiger partial charge in [-0.25, -0.2) is 4.79 Å². The molecule has 0 aromatic heterocycles. The molecule has 13 heteroatoms. The first-order valence-corrected chi connectivity index (χ1v) is 9.83. The lowest BCUT2D eigenvalue weighted by Crippen LogP contribution is -2.45. The summed E-state index contributed by atoms with van der Waals surface area (Å²) in [6.45, 7) is 6.96. The zero-order valence-electron chi connectivity index (χ0n) is 17.7. The summed E-state index contributed by atoms with van der Waals surface area (Å²) in [5, 5.41) is 22.3. The number of hydrogen-bond acceptors (Lipinski definition) is 11. The molecule has 0 spiro atoms. The number of fused-ring (bicyclic) bond motifs is 1. The molecule has 0 unspecified atom stereocenters. The van der Waals surface area contributed by atoms with E-state index in [0.717, 1.165) is 18.2 Å². The first-order valence-electron chi connectivity index (χ1n) is 9.83.